The number of thioether (sulfide) groups is 1. The first kappa shape index (κ1) is 11.5. The predicted molar refractivity (Wildman–Crippen MR) is 60.5 cm³/mol. The first-order chi connectivity index (χ1) is 6.86. The SMILES string of the molecule is CCNC(CC)CSc1ccncn1. The molecule has 0 radical (unpaired) electrons. The molecule has 0 spiro atoms. The number of nitrogens with zero attached hydrogens (tertiary/aromatic N) is 2. The summed E-state index contributed by atoms with van der Waals surface area (Å²) in [7, 11) is 0. The van der Waals surface area contributed by atoms with Crippen molar-refractivity contribution in [3.05, 3.63) is 18.6 Å². The highest BCUT2D eigenvalue weighted by atomic mass is 32.2. The molecule has 0 aliphatic carbocycles. The molecule has 1 aromatic heterocycles. The second-order valence-electron chi connectivity index (χ2n) is 3.02. The van der Waals surface area contributed by atoms with Gasteiger partial charge in [0, 0.05) is 18.0 Å². The zero-order valence-electron chi connectivity index (χ0n) is 8.73. The van der Waals surface area contributed by atoms with Gasteiger partial charge in [-0.3, -0.25) is 0 Å². The molecular formula is C10H17N3S. The number of hydrogen-bond donors (Lipinski definition) is 1. The molecule has 1 aromatic rings. The van der Waals surface area contributed by atoms with Gasteiger partial charge >= 0.3 is 0 Å². The molecule has 4 heteroatoms. The zero-order valence-corrected chi connectivity index (χ0v) is 9.55. The maximum absolute atomic E-state index is 4.17. The third-order valence-corrected chi connectivity index (χ3v) is 3.08. The van der Waals surface area contributed by atoms with Crippen molar-refractivity contribution < 1.29 is 0 Å². The summed E-state index contributed by atoms with van der Waals surface area (Å²) in [5.74, 6) is 1.07. The maximum atomic E-state index is 4.17. The normalized spacial score (nSPS) is 12.7. The van der Waals surface area contributed by atoms with Crippen LogP contribution < -0.4 is 5.32 Å². The van der Waals surface area contributed by atoms with E-state index in [4.69, 9.17) is 0 Å². The van der Waals surface area contributed by atoms with Gasteiger partial charge in [-0.05, 0) is 19.0 Å². The lowest BCUT2D eigenvalue weighted by Gasteiger charge is -2.14. The third kappa shape index (κ3) is 4.07. The topological polar surface area (TPSA) is 37.8 Å². The Bertz CT molecular complexity index is 240. The Kier molecular flexibility index (Phi) is 5.56. The molecule has 1 atom stereocenters. The summed E-state index contributed by atoms with van der Waals surface area (Å²) in [5, 5.41) is 4.49. The van der Waals surface area contributed by atoms with Crippen molar-refractivity contribution in [2.24, 2.45) is 0 Å². The molecule has 0 aliphatic heterocycles. The summed E-state index contributed by atoms with van der Waals surface area (Å²) in [6, 6.07) is 2.53. The van der Waals surface area contributed by atoms with Gasteiger partial charge in [-0.1, -0.05) is 13.8 Å². The van der Waals surface area contributed by atoms with Crippen molar-refractivity contribution in [3.8, 4) is 0 Å². The number of rotatable bonds is 6. The lowest BCUT2D eigenvalue weighted by Crippen LogP contribution is -2.30. The van der Waals surface area contributed by atoms with E-state index in [2.05, 4.69) is 29.1 Å². The number of aromatic nitrogens is 2. The van der Waals surface area contributed by atoms with Crippen molar-refractivity contribution in [2.45, 2.75) is 31.3 Å². The molecule has 0 saturated heterocycles. The van der Waals surface area contributed by atoms with E-state index in [1.54, 1.807) is 24.3 Å². The third-order valence-electron chi connectivity index (χ3n) is 1.97. The van der Waals surface area contributed by atoms with Crippen LogP contribution in [-0.4, -0.2) is 28.3 Å². The molecule has 3 nitrogen and oxygen atoms in total. The highest BCUT2D eigenvalue weighted by molar-refractivity contribution is 7.99. The van der Waals surface area contributed by atoms with Gasteiger partial charge in [0.2, 0.25) is 0 Å². The molecule has 0 fully saturated rings. The van der Waals surface area contributed by atoms with Gasteiger partial charge < -0.3 is 5.32 Å². The van der Waals surface area contributed by atoms with E-state index >= 15 is 0 Å². The Balaban J connectivity index is 2.32. The summed E-state index contributed by atoms with van der Waals surface area (Å²) in [6.07, 6.45) is 4.53. The monoisotopic (exact) mass is 211 g/mol. The zero-order chi connectivity index (χ0) is 10.2. The quantitative estimate of drug-likeness (QED) is 0.576. The van der Waals surface area contributed by atoms with E-state index in [1.807, 2.05) is 6.07 Å². The van der Waals surface area contributed by atoms with Crippen molar-refractivity contribution in [2.75, 3.05) is 12.3 Å². The van der Waals surface area contributed by atoms with Crippen molar-refractivity contribution in [1.29, 1.82) is 0 Å². The Morgan fingerprint density at radius 2 is 2.36 bits per heavy atom. The molecule has 1 unspecified atom stereocenters. The fraction of sp³-hybridized carbons (Fsp3) is 0.600. The Hall–Kier alpha value is -0.610. The lowest BCUT2D eigenvalue weighted by molar-refractivity contribution is 0.560. The van der Waals surface area contributed by atoms with Crippen LogP contribution in [0.1, 0.15) is 20.3 Å². The van der Waals surface area contributed by atoms with Crippen LogP contribution in [0.2, 0.25) is 0 Å². The molecule has 14 heavy (non-hydrogen) atoms. The van der Waals surface area contributed by atoms with Crippen molar-refractivity contribution in [3.63, 3.8) is 0 Å². The minimum absolute atomic E-state index is 0.583. The lowest BCUT2D eigenvalue weighted by atomic mass is 10.2. The van der Waals surface area contributed by atoms with Gasteiger partial charge in [0.15, 0.2) is 0 Å². The first-order valence-corrected chi connectivity index (χ1v) is 5.97. The van der Waals surface area contributed by atoms with Crippen LogP contribution in [0.15, 0.2) is 23.6 Å². The summed E-state index contributed by atoms with van der Waals surface area (Å²) in [4.78, 5) is 8.06. The van der Waals surface area contributed by atoms with Crippen LogP contribution in [0.3, 0.4) is 0 Å². The maximum Gasteiger partial charge on any atom is 0.116 e. The standard InChI is InChI=1S/C10H17N3S/c1-3-9(12-4-2)7-14-10-5-6-11-8-13-10/h5-6,8-9,12H,3-4,7H2,1-2H3. The smallest absolute Gasteiger partial charge is 0.116 e. The van der Waals surface area contributed by atoms with Crippen molar-refractivity contribution >= 4 is 11.8 Å². The Labute approximate surface area is 89.7 Å². The van der Waals surface area contributed by atoms with Gasteiger partial charge in [-0.2, -0.15) is 0 Å². The first-order valence-electron chi connectivity index (χ1n) is 4.99. The largest absolute Gasteiger partial charge is 0.313 e. The van der Waals surface area contributed by atoms with E-state index in [0.29, 0.717) is 6.04 Å². The average molecular weight is 211 g/mol. The molecule has 0 saturated carbocycles. The fourth-order valence-corrected chi connectivity index (χ4v) is 2.16. The van der Waals surface area contributed by atoms with Crippen LogP contribution in [0.25, 0.3) is 0 Å². The van der Waals surface area contributed by atoms with E-state index in [9.17, 15) is 0 Å². The highest BCUT2D eigenvalue weighted by Gasteiger charge is 2.04. The van der Waals surface area contributed by atoms with Gasteiger partial charge in [0.1, 0.15) is 6.33 Å². The summed E-state index contributed by atoms with van der Waals surface area (Å²) in [5.41, 5.74) is 0. The van der Waals surface area contributed by atoms with E-state index in [-0.39, 0.29) is 0 Å². The minimum atomic E-state index is 0.583. The Morgan fingerprint density at radius 1 is 1.50 bits per heavy atom. The van der Waals surface area contributed by atoms with Gasteiger partial charge in [-0.15, -0.1) is 11.8 Å². The summed E-state index contributed by atoms with van der Waals surface area (Å²) < 4.78 is 0. The molecule has 0 bridgehead atoms. The summed E-state index contributed by atoms with van der Waals surface area (Å²) in [6.45, 7) is 5.37. The van der Waals surface area contributed by atoms with E-state index in [0.717, 1.165) is 23.7 Å². The van der Waals surface area contributed by atoms with Gasteiger partial charge in [0.25, 0.3) is 0 Å². The summed E-state index contributed by atoms with van der Waals surface area (Å²) >= 11 is 1.78. The van der Waals surface area contributed by atoms with Gasteiger partial charge in [0.05, 0.1) is 5.03 Å². The Morgan fingerprint density at radius 3 is 2.93 bits per heavy atom. The van der Waals surface area contributed by atoms with Crippen molar-refractivity contribution in [1.82, 2.24) is 15.3 Å². The van der Waals surface area contributed by atoms with Crippen LogP contribution in [0.4, 0.5) is 0 Å². The molecular weight excluding hydrogens is 194 g/mol. The molecule has 1 heterocycles. The van der Waals surface area contributed by atoms with Crippen LogP contribution in [0.5, 0.6) is 0 Å². The predicted octanol–water partition coefficient (Wildman–Crippen LogP) is 1.96. The minimum Gasteiger partial charge on any atom is -0.313 e. The van der Waals surface area contributed by atoms with Crippen LogP contribution in [-0.2, 0) is 0 Å². The second-order valence-corrected chi connectivity index (χ2v) is 4.06. The molecule has 0 aromatic carbocycles. The molecule has 0 amide bonds. The molecule has 78 valence electrons. The van der Waals surface area contributed by atoms with E-state index < -0.39 is 0 Å². The second kappa shape index (κ2) is 6.79. The number of hydrogen-bond acceptors (Lipinski definition) is 4. The average Bonchev–Trinajstić information content (AvgIpc) is 2.25. The fourth-order valence-electron chi connectivity index (χ4n) is 1.16. The van der Waals surface area contributed by atoms with Crippen LogP contribution in [0, 0.1) is 0 Å². The molecule has 1 N–H and O–H groups in total. The highest BCUT2D eigenvalue weighted by Crippen LogP contribution is 2.15. The van der Waals surface area contributed by atoms with Crippen LogP contribution >= 0.6 is 11.8 Å². The number of nitrogens with one attached hydrogen (secondary N) is 1. The van der Waals surface area contributed by atoms with E-state index in [1.165, 1.54) is 0 Å². The van der Waals surface area contributed by atoms with Gasteiger partial charge in [-0.25, -0.2) is 9.97 Å². The molecule has 1 rings (SSSR count). The molecule has 0 aliphatic rings.